The lowest BCUT2D eigenvalue weighted by Gasteiger charge is -2.21. The quantitative estimate of drug-likeness (QED) is 0.786. The fraction of sp³-hybridized carbons (Fsp3) is 0.353. The molecule has 0 saturated carbocycles. The first-order valence-electron chi connectivity index (χ1n) is 7.65. The van der Waals surface area contributed by atoms with E-state index in [0.29, 0.717) is 11.5 Å². The zero-order chi connectivity index (χ0) is 18.6. The first-order chi connectivity index (χ1) is 11.8. The van der Waals surface area contributed by atoms with Crippen LogP contribution in [0.4, 0.5) is 0 Å². The van der Waals surface area contributed by atoms with E-state index in [1.807, 2.05) is 17.5 Å². The summed E-state index contributed by atoms with van der Waals surface area (Å²) in [6.07, 6.45) is 0.113. The molecule has 134 valence electrons. The van der Waals surface area contributed by atoms with Crippen molar-refractivity contribution in [3.63, 3.8) is 0 Å². The molecule has 0 spiro atoms. The maximum Gasteiger partial charge on any atom is 0.339 e. The number of hydrogen-bond donors (Lipinski definition) is 2. The summed E-state index contributed by atoms with van der Waals surface area (Å²) in [5, 5.41) is 13.7. The molecule has 2 N–H and O–H groups in total. The van der Waals surface area contributed by atoms with Gasteiger partial charge in [0, 0.05) is 18.8 Å². The smallest absolute Gasteiger partial charge is 0.339 e. The predicted molar refractivity (Wildman–Crippen MR) is 92.4 cm³/mol. The Morgan fingerprint density at radius 3 is 2.64 bits per heavy atom. The first-order valence-corrected chi connectivity index (χ1v) is 8.53. The summed E-state index contributed by atoms with van der Waals surface area (Å²) < 4.78 is 5.40. The van der Waals surface area contributed by atoms with E-state index in [1.54, 1.807) is 14.0 Å². The molecule has 0 aliphatic carbocycles. The van der Waals surface area contributed by atoms with Gasteiger partial charge in [-0.3, -0.25) is 9.59 Å². The van der Waals surface area contributed by atoms with E-state index in [1.165, 1.54) is 29.2 Å². The summed E-state index contributed by atoms with van der Waals surface area (Å²) in [7, 11) is 1.61. The van der Waals surface area contributed by atoms with Crippen LogP contribution in [0.2, 0.25) is 0 Å². The first kappa shape index (κ1) is 18.7. The number of nitrogens with zero attached hydrogens (tertiary/aromatic N) is 1. The number of hydrogen-bond acceptors (Lipinski definition) is 5. The van der Waals surface area contributed by atoms with Crippen molar-refractivity contribution in [1.82, 2.24) is 10.2 Å². The Morgan fingerprint density at radius 1 is 1.40 bits per heavy atom. The van der Waals surface area contributed by atoms with Crippen LogP contribution >= 0.6 is 11.3 Å². The Bertz CT molecular complexity index is 766. The standard InChI is InChI=1S/C17H20N2O5S/c1-10-13(17(22)23)7-12(24-10)9-19(3)16(21)8-14(18-11(2)20)15-5-4-6-25-15/h4-7,14H,8-9H2,1-3H3,(H,18,20)(H,22,23). The van der Waals surface area contributed by atoms with Gasteiger partial charge in [0.25, 0.3) is 0 Å². The summed E-state index contributed by atoms with van der Waals surface area (Å²) in [6, 6.07) is 4.77. The van der Waals surface area contributed by atoms with Crippen molar-refractivity contribution in [3.8, 4) is 0 Å². The molecule has 2 aromatic rings. The Hall–Kier alpha value is -2.61. The highest BCUT2D eigenvalue weighted by Gasteiger charge is 2.22. The molecule has 1 unspecified atom stereocenters. The molecule has 0 fully saturated rings. The summed E-state index contributed by atoms with van der Waals surface area (Å²) in [6.45, 7) is 3.14. The molecule has 0 bridgehead atoms. The Morgan fingerprint density at radius 2 is 2.12 bits per heavy atom. The van der Waals surface area contributed by atoms with Crippen molar-refractivity contribution in [2.75, 3.05) is 7.05 Å². The van der Waals surface area contributed by atoms with Crippen molar-refractivity contribution < 1.29 is 23.9 Å². The van der Waals surface area contributed by atoms with Crippen LogP contribution in [-0.2, 0) is 16.1 Å². The largest absolute Gasteiger partial charge is 0.478 e. The number of furan rings is 1. The summed E-state index contributed by atoms with van der Waals surface area (Å²) in [4.78, 5) is 37.3. The van der Waals surface area contributed by atoms with Crippen LogP contribution in [-0.4, -0.2) is 34.8 Å². The topological polar surface area (TPSA) is 99.9 Å². The minimum atomic E-state index is -1.06. The number of amides is 2. The Labute approximate surface area is 149 Å². The molecule has 1 atom stereocenters. The minimum Gasteiger partial charge on any atom is -0.478 e. The average Bonchev–Trinajstić information content (AvgIpc) is 3.15. The molecule has 7 nitrogen and oxygen atoms in total. The molecule has 2 rings (SSSR count). The van der Waals surface area contributed by atoms with Crippen LogP contribution in [0.1, 0.15) is 46.1 Å². The zero-order valence-corrected chi connectivity index (χ0v) is 15.1. The summed E-state index contributed by atoms with van der Waals surface area (Å²) in [5.41, 5.74) is 0.0885. The number of aryl methyl sites for hydroxylation is 1. The van der Waals surface area contributed by atoms with Crippen LogP contribution in [0.5, 0.6) is 0 Å². The van der Waals surface area contributed by atoms with Crippen molar-refractivity contribution in [2.45, 2.75) is 32.9 Å². The second kappa shape index (κ2) is 7.98. The van der Waals surface area contributed by atoms with Crippen LogP contribution in [0.15, 0.2) is 28.0 Å². The number of carbonyl (C=O) groups is 3. The highest BCUT2D eigenvalue weighted by atomic mass is 32.1. The van der Waals surface area contributed by atoms with Crippen LogP contribution < -0.4 is 5.32 Å². The lowest BCUT2D eigenvalue weighted by Crippen LogP contribution is -2.33. The number of carboxylic acid groups (broad SMARTS) is 1. The molecule has 2 aromatic heterocycles. The average molecular weight is 364 g/mol. The maximum atomic E-state index is 12.5. The second-order valence-electron chi connectivity index (χ2n) is 5.71. The zero-order valence-electron chi connectivity index (χ0n) is 14.2. The van der Waals surface area contributed by atoms with Gasteiger partial charge in [0.1, 0.15) is 17.1 Å². The molecule has 0 aliphatic heterocycles. The van der Waals surface area contributed by atoms with Crippen LogP contribution in [0, 0.1) is 6.92 Å². The summed E-state index contributed by atoms with van der Waals surface area (Å²) >= 11 is 1.47. The fourth-order valence-electron chi connectivity index (χ4n) is 2.44. The van der Waals surface area contributed by atoms with Gasteiger partial charge >= 0.3 is 5.97 Å². The SMILES string of the molecule is CC(=O)NC(CC(=O)N(C)Cc1cc(C(=O)O)c(C)o1)c1cccs1. The third-order valence-corrected chi connectivity index (χ3v) is 4.65. The third kappa shape index (κ3) is 4.93. The predicted octanol–water partition coefficient (Wildman–Crippen LogP) is 2.57. The molecule has 0 radical (unpaired) electrons. The van der Waals surface area contributed by atoms with Crippen molar-refractivity contribution >= 4 is 29.1 Å². The van der Waals surface area contributed by atoms with Gasteiger partial charge in [-0.2, -0.15) is 0 Å². The number of thiophene rings is 1. The van der Waals surface area contributed by atoms with E-state index in [2.05, 4.69) is 5.32 Å². The minimum absolute atomic E-state index is 0.0885. The van der Waals surface area contributed by atoms with E-state index in [0.717, 1.165) is 4.88 Å². The Balaban J connectivity index is 2.04. The maximum absolute atomic E-state index is 12.5. The van der Waals surface area contributed by atoms with Gasteiger partial charge in [0.15, 0.2) is 0 Å². The fourth-order valence-corrected chi connectivity index (χ4v) is 3.22. The van der Waals surface area contributed by atoms with E-state index >= 15 is 0 Å². The van der Waals surface area contributed by atoms with Crippen molar-refractivity contribution in [2.24, 2.45) is 0 Å². The molecule has 25 heavy (non-hydrogen) atoms. The molecule has 8 heteroatoms. The van der Waals surface area contributed by atoms with Gasteiger partial charge < -0.3 is 19.7 Å². The van der Waals surface area contributed by atoms with Crippen molar-refractivity contribution in [3.05, 3.63) is 45.5 Å². The van der Waals surface area contributed by atoms with E-state index < -0.39 is 5.97 Å². The van der Waals surface area contributed by atoms with E-state index in [4.69, 9.17) is 9.52 Å². The second-order valence-corrected chi connectivity index (χ2v) is 6.69. The highest BCUT2D eigenvalue weighted by molar-refractivity contribution is 7.10. The van der Waals surface area contributed by atoms with Gasteiger partial charge in [-0.1, -0.05) is 6.07 Å². The number of nitrogens with one attached hydrogen (secondary N) is 1. The highest BCUT2D eigenvalue weighted by Crippen LogP contribution is 2.23. The lowest BCUT2D eigenvalue weighted by atomic mass is 10.1. The van der Waals surface area contributed by atoms with Gasteiger partial charge in [0.2, 0.25) is 11.8 Å². The van der Waals surface area contributed by atoms with Gasteiger partial charge in [0.05, 0.1) is 19.0 Å². The van der Waals surface area contributed by atoms with E-state index in [9.17, 15) is 14.4 Å². The molecular formula is C17H20N2O5S. The Kier molecular flexibility index (Phi) is 5.97. The summed E-state index contributed by atoms with van der Waals surface area (Å²) in [5.74, 6) is -0.749. The molecule has 2 amide bonds. The van der Waals surface area contributed by atoms with Crippen LogP contribution in [0.3, 0.4) is 0 Å². The molecule has 2 heterocycles. The normalized spacial score (nSPS) is 11.8. The molecule has 0 aliphatic rings. The van der Waals surface area contributed by atoms with Gasteiger partial charge in [-0.05, 0) is 24.4 Å². The van der Waals surface area contributed by atoms with E-state index in [-0.39, 0.29) is 36.4 Å². The number of carbonyl (C=O) groups excluding carboxylic acids is 2. The molecule has 0 saturated heterocycles. The number of carboxylic acids is 1. The third-order valence-electron chi connectivity index (χ3n) is 3.66. The van der Waals surface area contributed by atoms with Gasteiger partial charge in [-0.25, -0.2) is 4.79 Å². The van der Waals surface area contributed by atoms with Crippen molar-refractivity contribution in [1.29, 1.82) is 0 Å². The number of rotatable bonds is 7. The molecule has 0 aromatic carbocycles. The monoisotopic (exact) mass is 364 g/mol. The number of aromatic carboxylic acids is 1. The van der Waals surface area contributed by atoms with Gasteiger partial charge in [-0.15, -0.1) is 11.3 Å². The molecular weight excluding hydrogens is 344 g/mol. The van der Waals surface area contributed by atoms with Crippen LogP contribution in [0.25, 0.3) is 0 Å². The lowest BCUT2D eigenvalue weighted by molar-refractivity contribution is -0.131.